The molecule has 0 atom stereocenters. The van der Waals surface area contributed by atoms with Crippen molar-refractivity contribution in [3.05, 3.63) is 53.6 Å². The monoisotopic (exact) mass is 450 g/mol. The Bertz CT molecular complexity index is 925. The number of piperidine rings is 1. The maximum absolute atomic E-state index is 12.6. The fourth-order valence-corrected chi connectivity index (χ4v) is 4.25. The second-order valence-corrected chi connectivity index (χ2v) is 10.6. The summed E-state index contributed by atoms with van der Waals surface area (Å²) in [4.78, 5) is 15.0. The largest absolute Gasteiger partial charge is 0.483 e. The van der Waals surface area contributed by atoms with E-state index in [1.165, 1.54) is 36.1 Å². The van der Waals surface area contributed by atoms with Crippen LogP contribution in [0.5, 0.6) is 5.75 Å². The van der Waals surface area contributed by atoms with Gasteiger partial charge in [-0.1, -0.05) is 53.7 Å². The van der Waals surface area contributed by atoms with Crippen LogP contribution in [0.2, 0.25) is 0 Å². The number of anilines is 2. The summed E-state index contributed by atoms with van der Waals surface area (Å²) in [6.07, 6.45) is 5.89. The molecule has 180 valence electrons. The van der Waals surface area contributed by atoms with Crippen molar-refractivity contribution in [2.24, 2.45) is 0 Å². The molecule has 1 saturated heterocycles. The molecule has 0 bridgehead atoms. The Balaban J connectivity index is 1.66. The minimum atomic E-state index is -0.140. The molecule has 0 aromatic heterocycles. The molecule has 0 unspecified atom stereocenters. The van der Waals surface area contributed by atoms with E-state index in [9.17, 15) is 4.79 Å². The van der Waals surface area contributed by atoms with E-state index in [1.807, 2.05) is 18.2 Å². The maximum atomic E-state index is 12.6. The molecule has 2 aromatic rings. The van der Waals surface area contributed by atoms with Crippen LogP contribution in [0.25, 0.3) is 0 Å². The molecule has 3 rings (SSSR count). The van der Waals surface area contributed by atoms with Gasteiger partial charge in [-0.3, -0.25) is 4.79 Å². The summed E-state index contributed by atoms with van der Waals surface area (Å²) in [5.74, 6) is 0.659. The summed E-state index contributed by atoms with van der Waals surface area (Å²) in [6, 6.07) is 14.6. The highest BCUT2D eigenvalue weighted by molar-refractivity contribution is 5.92. The number of hydrogen-bond acceptors (Lipinski definition) is 3. The van der Waals surface area contributed by atoms with Crippen molar-refractivity contribution in [3.8, 4) is 5.75 Å². The van der Waals surface area contributed by atoms with Crippen LogP contribution in [0.3, 0.4) is 0 Å². The molecular formula is C29H42N2O2. The molecule has 33 heavy (non-hydrogen) atoms. The molecule has 0 radical (unpaired) electrons. The Kier molecular flexibility index (Phi) is 8.10. The molecule has 2 aromatic carbocycles. The van der Waals surface area contributed by atoms with Crippen molar-refractivity contribution in [1.82, 2.24) is 0 Å². The number of nitrogens with one attached hydrogen (secondary N) is 1. The van der Waals surface area contributed by atoms with E-state index in [4.69, 9.17) is 4.74 Å². The van der Waals surface area contributed by atoms with E-state index in [0.717, 1.165) is 37.4 Å². The summed E-state index contributed by atoms with van der Waals surface area (Å²) in [5, 5.41) is 2.98. The van der Waals surface area contributed by atoms with Crippen molar-refractivity contribution in [2.45, 2.75) is 84.5 Å². The molecule has 1 aliphatic heterocycles. The Labute approximate surface area is 200 Å². The quantitative estimate of drug-likeness (QED) is 0.444. The second-order valence-electron chi connectivity index (χ2n) is 10.6. The molecule has 1 amide bonds. The van der Waals surface area contributed by atoms with Gasteiger partial charge in [0.15, 0.2) is 6.61 Å². The maximum Gasteiger partial charge on any atom is 0.262 e. The number of amides is 1. The van der Waals surface area contributed by atoms with Crippen LogP contribution in [-0.4, -0.2) is 25.6 Å². The smallest absolute Gasteiger partial charge is 0.262 e. The number of rotatable bonds is 9. The van der Waals surface area contributed by atoms with Gasteiger partial charge in [0, 0.05) is 30.0 Å². The Morgan fingerprint density at radius 3 is 2.15 bits per heavy atom. The van der Waals surface area contributed by atoms with Gasteiger partial charge in [-0.05, 0) is 78.8 Å². The van der Waals surface area contributed by atoms with Gasteiger partial charge >= 0.3 is 0 Å². The van der Waals surface area contributed by atoms with Crippen LogP contribution >= 0.6 is 0 Å². The summed E-state index contributed by atoms with van der Waals surface area (Å²) in [7, 11) is 0. The van der Waals surface area contributed by atoms with Crippen LogP contribution in [-0.2, 0) is 15.6 Å². The SMILES string of the molecule is CCC(C)(C)c1ccc(OCC(=O)Nc2ccc(N3CCCCC3)cc2)c(C(C)(C)CC)c1. The summed E-state index contributed by atoms with van der Waals surface area (Å²) in [5.41, 5.74) is 4.59. The third-order valence-corrected chi connectivity index (χ3v) is 7.49. The summed E-state index contributed by atoms with van der Waals surface area (Å²) < 4.78 is 6.06. The van der Waals surface area contributed by atoms with E-state index < -0.39 is 0 Å². The first-order valence-electron chi connectivity index (χ1n) is 12.6. The summed E-state index contributed by atoms with van der Waals surface area (Å²) in [6.45, 7) is 15.7. The van der Waals surface area contributed by atoms with Gasteiger partial charge < -0.3 is 15.0 Å². The highest BCUT2D eigenvalue weighted by Crippen LogP contribution is 2.38. The number of carbonyl (C=O) groups is 1. The Morgan fingerprint density at radius 1 is 0.909 bits per heavy atom. The number of nitrogens with zero attached hydrogens (tertiary/aromatic N) is 1. The summed E-state index contributed by atoms with van der Waals surface area (Å²) >= 11 is 0. The molecule has 1 aliphatic rings. The van der Waals surface area contributed by atoms with Crippen molar-refractivity contribution >= 4 is 17.3 Å². The fraction of sp³-hybridized carbons (Fsp3) is 0.552. The van der Waals surface area contributed by atoms with Crippen LogP contribution in [0.15, 0.2) is 42.5 Å². The predicted octanol–water partition coefficient (Wildman–Crippen LogP) is 7.07. The molecular weight excluding hydrogens is 408 g/mol. The van der Waals surface area contributed by atoms with Gasteiger partial charge in [-0.2, -0.15) is 0 Å². The zero-order valence-electron chi connectivity index (χ0n) is 21.5. The number of ether oxygens (including phenoxy) is 1. The first kappa shape index (κ1) is 25.1. The van der Waals surface area contributed by atoms with Crippen molar-refractivity contribution in [2.75, 3.05) is 29.9 Å². The molecule has 0 saturated carbocycles. The van der Waals surface area contributed by atoms with Crippen molar-refractivity contribution in [3.63, 3.8) is 0 Å². The lowest BCUT2D eigenvalue weighted by molar-refractivity contribution is -0.118. The standard InChI is InChI=1S/C29H42N2O2/c1-7-28(3,4)22-12-17-26(25(20-22)29(5,6)8-2)33-21-27(32)30-23-13-15-24(16-14-23)31-18-10-9-11-19-31/h12-17,20H,7-11,18-19,21H2,1-6H3,(H,30,32). The molecule has 1 fully saturated rings. The van der Waals surface area contributed by atoms with Gasteiger partial charge in [0.2, 0.25) is 0 Å². The van der Waals surface area contributed by atoms with E-state index in [2.05, 4.69) is 76.0 Å². The third-order valence-electron chi connectivity index (χ3n) is 7.49. The zero-order valence-corrected chi connectivity index (χ0v) is 21.5. The van der Waals surface area contributed by atoms with Gasteiger partial charge in [0.25, 0.3) is 5.91 Å². The average molecular weight is 451 g/mol. The Morgan fingerprint density at radius 2 is 1.55 bits per heavy atom. The molecule has 0 aliphatic carbocycles. The van der Waals surface area contributed by atoms with Crippen LogP contribution in [0.4, 0.5) is 11.4 Å². The first-order valence-corrected chi connectivity index (χ1v) is 12.6. The van der Waals surface area contributed by atoms with E-state index in [-0.39, 0.29) is 23.3 Å². The lowest BCUT2D eigenvalue weighted by Crippen LogP contribution is -2.29. The lowest BCUT2D eigenvalue weighted by atomic mass is 9.76. The van der Waals surface area contributed by atoms with Crippen LogP contribution in [0.1, 0.15) is 84.8 Å². The number of benzene rings is 2. The number of hydrogen-bond donors (Lipinski definition) is 1. The molecule has 4 heteroatoms. The van der Waals surface area contributed by atoms with Gasteiger partial charge in [0.1, 0.15) is 5.75 Å². The molecule has 0 spiro atoms. The van der Waals surface area contributed by atoms with Crippen LogP contribution in [0, 0.1) is 0 Å². The minimum absolute atomic E-state index is 0.00279. The third kappa shape index (κ3) is 6.31. The van der Waals surface area contributed by atoms with Gasteiger partial charge in [-0.25, -0.2) is 0 Å². The van der Waals surface area contributed by atoms with Crippen molar-refractivity contribution in [1.29, 1.82) is 0 Å². The topological polar surface area (TPSA) is 41.6 Å². The van der Waals surface area contributed by atoms with E-state index >= 15 is 0 Å². The lowest BCUT2D eigenvalue weighted by Gasteiger charge is -2.30. The van der Waals surface area contributed by atoms with Gasteiger partial charge in [0.05, 0.1) is 0 Å². The van der Waals surface area contributed by atoms with Crippen LogP contribution < -0.4 is 15.0 Å². The predicted molar refractivity (Wildman–Crippen MR) is 140 cm³/mol. The normalized spacial score (nSPS) is 14.8. The first-order chi connectivity index (χ1) is 15.7. The zero-order chi connectivity index (χ0) is 24.1. The van der Waals surface area contributed by atoms with Gasteiger partial charge in [-0.15, -0.1) is 0 Å². The minimum Gasteiger partial charge on any atom is -0.483 e. The van der Waals surface area contributed by atoms with Crippen molar-refractivity contribution < 1.29 is 9.53 Å². The van der Waals surface area contributed by atoms with E-state index in [1.54, 1.807) is 0 Å². The van der Waals surface area contributed by atoms with E-state index in [0.29, 0.717) is 0 Å². The fourth-order valence-electron chi connectivity index (χ4n) is 4.25. The second kappa shape index (κ2) is 10.6. The average Bonchev–Trinajstić information content (AvgIpc) is 2.83. The number of carbonyl (C=O) groups excluding carboxylic acids is 1. The molecule has 4 nitrogen and oxygen atoms in total. The Hall–Kier alpha value is -2.49. The highest BCUT2D eigenvalue weighted by atomic mass is 16.5. The highest BCUT2D eigenvalue weighted by Gasteiger charge is 2.27. The molecule has 1 N–H and O–H groups in total. The molecule has 1 heterocycles.